The van der Waals surface area contributed by atoms with Crippen molar-refractivity contribution in [3.63, 3.8) is 0 Å². The molecule has 1 N–H and O–H groups in total. The fourth-order valence-electron chi connectivity index (χ4n) is 3.27. The molecular weight excluding hydrogens is 357 g/mol. The van der Waals surface area contributed by atoms with Crippen molar-refractivity contribution >= 4 is 11.6 Å². The van der Waals surface area contributed by atoms with Crippen LogP contribution in [0.15, 0.2) is 47.5 Å². The van der Waals surface area contributed by atoms with Gasteiger partial charge in [0.05, 0.1) is 18.7 Å². The number of hydrogen-bond acceptors (Lipinski definition) is 4. The first kappa shape index (κ1) is 19.5. The summed E-state index contributed by atoms with van der Waals surface area (Å²) in [5.41, 5.74) is 2.03. The highest BCUT2D eigenvalue weighted by molar-refractivity contribution is 5.80. The molecular formula is C21H24FN5O. The number of nitrogens with zero attached hydrogens (tertiary/aromatic N) is 4. The van der Waals surface area contributed by atoms with Gasteiger partial charge in [-0.3, -0.25) is 4.99 Å². The van der Waals surface area contributed by atoms with Gasteiger partial charge in [0.1, 0.15) is 11.6 Å². The smallest absolute Gasteiger partial charge is 0.194 e. The Kier molecular flexibility index (Phi) is 6.33. The summed E-state index contributed by atoms with van der Waals surface area (Å²) < 4.78 is 19.3. The van der Waals surface area contributed by atoms with Crippen LogP contribution in [0.5, 0.6) is 5.75 Å². The second-order valence-corrected chi connectivity index (χ2v) is 6.49. The number of guanidine groups is 1. The summed E-state index contributed by atoms with van der Waals surface area (Å²) in [6.07, 6.45) is 0. The van der Waals surface area contributed by atoms with Gasteiger partial charge in [0.15, 0.2) is 5.96 Å². The number of ether oxygens (including phenoxy) is 1. The maximum atomic E-state index is 14.0. The Morgan fingerprint density at radius 3 is 2.68 bits per heavy atom. The van der Waals surface area contributed by atoms with Crippen LogP contribution in [0.1, 0.15) is 11.1 Å². The molecule has 1 saturated heterocycles. The summed E-state index contributed by atoms with van der Waals surface area (Å²) in [7, 11) is 3.39. The number of anilines is 1. The van der Waals surface area contributed by atoms with Gasteiger partial charge >= 0.3 is 0 Å². The summed E-state index contributed by atoms with van der Waals surface area (Å²) in [6, 6.07) is 14.4. The molecule has 0 aromatic heterocycles. The molecule has 1 heterocycles. The van der Waals surface area contributed by atoms with Gasteiger partial charge in [-0.2, -0.15) is 5.26 Å². The highest BCUT2D eigenvalue weighted by atomic mass is 19.1. The molecule has 0 unspecified atom stereocenters. The van der Waals surface area contributed by atoms with E-state index in [2.05, 4.69) is 26.2 Å². The number of aliphatic imine (C=N–C) groups is 1. The predicted molar refractivity (Wildman–Crippen MR) is 108 cm³/mol. The largest absolute Gasteiger partial charge is 0.497 e. The summed E-state index contributed by atoms with van der Waals surface area (Å²) in [4.78, 5) is 8.79. The van der Waals surface area contributed by atoms with Crippen LogP contribution in [0.4, 0.5) is 10.1 Å². The minimum atomic E-state index is -0.329. The molecule has 0 atom stereocenters. The average Bonchev–Trinajstić information content (AvgIpc) is 2.75. The molecule has 7 heteroatoms. The maximum absolute atomic E-state index is 14.0. The normalized spacial score (nSPS) is 14.6. The molecule has 2 aromatic rings. The van der Waals surface area contributed by atoms with Crippen molar-refractivity contribution < 1.29 is 9.13 Å². The zero-order valence-electron chi connectivity index (χ0n) is 16.2. The molecule has 0 radical (unpaired) electrons. The molecule has 1 aliphatic heterocycles. The first-order valence-electron chi connectivity index (χ1n) is 9.17. The molecule has 0 saturated carbocycles. The Morgan fingerprint density at radius 2 is 2.00 bits per heavy atom. The van der Waals surface area contributed by atoms with Crippen LogP contribution in [0.2, 0.25) is 0 Å². The van der Waals surface area contributed by atoms with E-state index < -0.39 is 0 Å². The molecule has 0 amide bonds. The Hall–Kier alpha value is -3.27. The van der Waals surface area contributed by atoms with E-state index in [9.17, 15) is 4.39 Å². The van der Waals surface area contributed by atoms with Gasteiger partial charge in [-0.25, -0.2) is 4.39 Å². The Bertz CT molecular complexity index is 885. The average molecular weight is 381 g/mol. The minimum Gasteiger partial charge on any atom is -0.497 e. The fourth-order valence-corrected chi connectivity index (χ4v) is 3.27. The van der Waals surface area contributed by atoms with Crippen LogP contribution in [-0.4, -0.2) is 51.2 Å². The van der Waals surface area contributed by atoms with E-state index in [0.29, 0.717) is 11.1 Å². The van der Waals surface area contributed by atoms with Crippen LogP contribution >= 0.6 is 0 Å². The summed E-state index contributed by atoms with van der Waals surface area (Å²) >= 11 is 0. The van der Waals surface area contributed by atoms with Crippen LogP contribution < -0.4 is 15.0 Å². The monoisotopic (exact) mass is 381 g/mol. The van der Waals surface area contributed by atoms with Crippen molar-refractivity contribution in [1.29, 1.82) is 5.26 Å². The molecule has 0 bridgehead atoms. The van der Waals surface area contributed by atoms with Gasteiger partial charge in [-0.15, -0.1) is 0 Å². The van der Waals surface area contributed by atoms with Gasteiger partial charge in [-0.05, 0) is 30.3 Å². The SMILES string of the molecule is CN=C(NCc1cc(C#N)ccc1F)N1CCN(c2cccc(OC)c2)CC1. The lowest BCUT2D eigenvalue weighted by Crippen LogP contribution is -2.52. The highest BCUT2D eigenvalue weighted by Gasteiger charge is 2.20. The fraction of sp³-hybridized carbons (Fsp3) is 0.333. The highest BCUT2D eigenvalue weighted by Crippen LogP contribution is 2.22. The summed E-state index contributed by atoms with van der Waals surface area (Å²) in [5.74, 6) is 1.25. The van der Waals surface area contributed by atoms with Crippen LogP contribution in [0, 0.1) is 17.1 Å². The maximum Gasteiger partial charge on any atom is 0.194 e. The van der Waals surface area contributed by atoms with E-state index in [1.165, 1.54) is 12.1 Å². The van der Waals surface area contributed by atoms with Gasteiger partial charge < -0.3 is 19.9 Å². The zero-order valence-corrected chi connectivity index (χ0v) is 16.2. The van der Waals surface area contributed by atoms with Crippen molar-refractivity contribution in [2.75, 3.05) is 45.2 Å². The van der Waals surface area contributed by atoms with E-state index in [-0.39, 0.29) is 12.4 Å². The predicted octanol–water partition coefficient (Wildman–Crippen LogP) is 2.60. The van der Waals surface area contributed by atoms with E-state index in [0.717, 1.165) is 43.6 Å². The van der Waals surface area contributed by atoms with Crippen molar-refractivity contribution in [1.82, 2.24) is 10.2 Å². The van der Waals surface area contributed by atoms with E-state index in [4.69, 9.17) is 10.00 Å². The third-order valence-corrected chi connectivity index (χ3v) is 4.82. The van der Waals surface area contributed by atoms with Gasteiger partial charge in [0.2, 0.25) is 0 Å². The lowest BCUT2D eigenvalue weighted by Gasteiger charge is -2.37. The van der Waals surface area contributed by atoms with E-state index in [1.54, 1.807) is 20.2 Å². The van der Waals surface area contributed by atoms with Gasteiger partial charge in [0.25, 0.3) is 0 Å². The topological polar surface area (TPSA) is 63.9 Å². The van der Waals surface area contributed by atoms with Crippen LogP contribution in [0.3, 0.4) is 0 Å². The third-order valence-electron chi connectivity index (χ3n) is 4.82. The van der Waals surface area contributed by atoms with Crippen molar-refractivity contribution in [2.24, 2.45) is 4.99 Å². The molecule has 1 fully saturated rings. The van der Waals surface area contributed by atoms with Crippen molar-refractivity contribution in [3.8, 4) is 11.8 Å². The molecule has 1 aliphatic rings. The van der Waals surface area contributed by atoms with Crippen LogP contribution in [0.25, 0.3) is 0 Å². The zero-order chi connectivity index (χ0) is 19.9. The second-order valence-electron chi connectivity index (χ2n) is 6.49. The molecule has 3 rings (SSSR count). The lowest BCUT2D eigenvalue weighted by molar-refractivity contribution is 0.371. The Morgan fingerprint density at radius 1 is 1.21 bits per heavy atom. The number of rotatable bonds is 4. The van der Waals surface area contributed by atoms with Gasteiger partial charge in [-0.1, -0.05) is 6.07 Å². The first-order chi connectivity index (χ1) is 13.6. The van der Waals surface area contributed by atoms with Gasteiger partial charge in [0, 0.05) is 57.1 Å². The molecule has 6 nitrogen and oxygen atoms in total. The molecule has 146 valence electrons. The molecule has 0 spiro atoms. The number of nitrogens with one attached hydrogen (secondary N) is 1. The second kappa shape index (κ2) is 9.09. The molecule has 28 heavy (non-hydrogen) atoms. The number of nitriles is 1. The lowest BCUT2D eigenvalue weighted by atomic mass is 10.1. The third kappa shape index (κ3) is 4.52. The Balaban J connectivity index is 1.59. The summed E-state index contributed by atoms with van der Waals surface area (Å²) in [5, 5.41) is 12.2. The van der Waals surface area contributed by atoms with E-state index in [1.807, 2.05) is 24.3 Å². The number of piperazine rings is 1. The van der Waals surface area contributed by atoms with Crippen LogP contribution in [-0.2, 0) is 6.54 Å². The summed E-state index contributed by atoms with van der Waals surface area (Å²) in [6.45, 7) is 3.59. The minimum absolute atomic E-state index is 0.282. The molecule has 2 aromatic carbocycles. The molecule has 0 aliphatic carbocycles. The number of halogens is 1. The number of benzene rings is 2. The number of methoxy groups -OCH3 is 1. The standard InChI is InChI=1S/C21H24FN5O/c1-24-21(25-15-17-12-16(14-23)6-7-20(17)22)27-10-8-26(9-11-27)18-4-3-5-19(13-18)28-2/h3-7,12-13H,8-11,15H2,1-2H3,(H,24,25). The number of hydrogen-bond donors (Lipinski definition) is 1. The quantitative estimate of drug-likeness (QED) is 0.652. The van der Waals surface area contributed by atoms with Crippen molar-refractivity contribution in [3.05, 3.63) is 59.4 Å². The first-order valence-corrected chi connectivity index (χ1v) is 9.17. The van der Waals surface area contributed by atoms with E-state index >= 15 is 0 Å². The van der Waals surface area contributed by atoms with Crippen molar-refractivity contribution in [2.45, 2.75) is 6.54 Å². The Labute approximate surface area is 164 Å².